The van der Waals surface area contributed by atoms with Gasteiger partial charge in [-0.2, -0.15) is 0 Å². The number of nitrogens with two attached hydrogens (primary N) is 1. The molecular formula is C11H17NO2. The van der Waals surface area contributed by atoms with Crippen molar-refractivity contribution < 1.29 is 9.53 Å². The fourth-order valence-corrected chi connectivity index (χ4v) is 0.805. The summed E-state index contributed by atoms with van der Waals surface area (Å²) in [6.45, 7) is 6.30. The van der Waals surface area contributed by atoms with Crippen molar-refractivity contribution in [3.05, 3.63) is 35.4 Å². The number of aryl methyl sites for hydroxylation is 2. The lowest BCUT2D eigenvalue weighted by atomic mass is 10.1. The molecule has 0 aliphatic rings. The van der Waals surface area contributed by atoms with Gasteiger partial charge in [0.2, 0.25) is 0 Å². The monoisotopic (exact) mass is 195 g/mol. The molecule has 0 spiro atoms. The summed E-state index contributed by atoms with van der Waals surface area (Å²) >= 11 is 0. The molecule has 0 saturated heterocycles. The Morgan fingerprint density at radius 2 is 1.71 bits per heavy atom. The molecule has 1 aromatic rings. The second-order valence-corrected chi connectivity index (χ2v) is 2.84. The molecule has 0 fully saturated rings. The van der Waals surface area contributed by atoms with E-state index >= 15 is 0 Å². The van der Waals surface area contributed by atoms with Crippen molar-refractivity contribution in [3.8, 4) is 0 Å². The van der Waals surface area contributed by atoms with Crippen molar-refractivity contribution in [2.24, 2.45) is 5.73 Å². The maximum absolute atomic E-state index is 9.60. The van der Waals surface area contributed by atoms with E-state index in [0.29, 0.717) is 6.61 Å². The Kier molecular flexibility index (Phi) is 6.20. The molecule has 0 heterocycles. The number of hydrogen-bond acceptors (Lipinski definition) is 2. The van der Waals surface area contributed by atoms with Gasteiger partial charge in [-0.3, -0.25) is 0 Å². The molecule has 78 valence electrons. The van der Waals surface area contributed by atoms with Gasteiger partial charge in [0, 0.05) is 0 Å². The minimum atomic E-state index is -0.711. The van der Waals surface area contributed by atoms with Crippen LogP contribution in [0.4, 0.5) is 4.79 Å². The standard InChI is InChI=1S/C8H10.C3H7NO2/c1-7-5-3-4-6-8(7)2;1-2-6-3(4)5/h3-6H,1-2H3;2H2,1H3,(H2,4,5). The van der Waals surface area contributed by atoms with Gasteiger partial charge in [0.05, 0.1) is 6.61 Å². The quantitative estimate of drug-likeness (QED) is 0.748. The first-order valence-corrected chi connectivity index (χ1v) is 4.52. The van der Waals surface area contributed by atoms with E-state index in [1.54, 1.807) is 6.92 Å². The molecule has 1 aromatic carbocycles. The Bertz CT molecular complexity index is 263. The first-order chi connectivity index (χ1) is 6.57. The topological polar surface area (TPSA) is 52.3 Å². The highest BCUT2D eigenvalue weighted by atomic mass is 16.5. The van der Waals surface area contributed by atoms with Gasteiger partial charge in [-0.25, -0.2) is 4.79 Å². The molecule has 1 amide bonds. The average Bonchev–Trinajstić information content (AvgIpc) is 2.11. The zero-order chi connectivity index (χ0) is 11.0. The lowest BCUT2D eigenvalue weighted by molar-refractivity contribution is 0.163. The molecule has 0 bridgehead atoms. The van der Waals surface area contributed by atoms with Gasteiger partial charge in [0.15, 0.2) is 0 Å². The van der Waals surface area contributed by atoms with Crippen molar-refractivity contribution in [3.63, 3.8) is 0 Å². The number of amides is 1. The molecule has 3 heteroatoms. The molecule has 0 aromatic heterocycles. The predicted molar refractivity (Wildman–Crippen MR) is 57.1 cm³/mol. The largest absolute Gasteiger partial charge is 0.450 e. The zero-order valence-corrected chi connectivity index (χ0v) is 8.91. The molecule has 3 nitrogen and oxygen atoms in total. The highest BCUT2D eigenvalue weighted by molar-refractivity contribution is 5.64. The van der Waals surface area contributed by atoms with E-state index in [4.69, 9.17) is 0 Å². The number of hydrogen-bond donors (Lipinski definition) is 1. The Balaban J connectivity index is 0.000000255. The van der Waals surface area contributed by atoms with E-state index in [1.807, 2.05) is 0 Å². The van der Waals surface area contributed by atoms with Crippen LogP contribution in [0.25, 0.3) is 0 Å². The minimum Gasteiger partial charge on any atom is -0.450 e. The molecule has 0 saturated carbocycles. The van der Waals surface area contributed by atoms with Crippen LogP contribution in [0.3, 0.4) is 0 Å². The van der Waals surface area contributed by atoms with Gasteiger partial charge in [0.25, 0.3) is 0 Å². The molecule has 14 heavy (non-hydrogen) atoms. The summed E-state index contributed by atoms with van der Waals surface area (Å²) in [5, 5.41) is 0. The highest BCUT2D eigenvalue weighted by Gasteiger charge is 1.84. The third kappa shape index (κ3) is 6.06. The fraction of sp³-hybridized carbons (Fsp3) is 0.364. The van der Waals surface area contributed by atoms with Gasteiger partial charge in [-0.15, -0.1) is 0 Å². The van der Waals surface area contributed by atoms with E-state index in [0.717, 1.165) is 0 Å². The Labute approximate surface area is 84.9 Å². The maximum Gasteiger partial charge on any atom is 0.404 e. The summed E-state index contributed by atoms with van der Waals surface area (Å²) in [6, 6.07) is 8.36. The first-order valence-electron chi connectivity index (χ1n) is 4.52. The van der Waals surface area contributed by atoms with E-state index < -0.39 is 6.09 Å². The number of ether oxygens (including phenoxy) is 1. The molecule has 0 atom stereocenters. The van der Waals surface area contributed by atoms with E-state index in [-0.39, 0.29) is 0 Å². The van der Waals surface area contributed by atoms with E-state index in [9.17, 15) is 4.79 Å². The smallest absolute Gasteiger partial charge is 0.404 e. The first kappa shape index (κ1) is 12.5. The predicted octanol–water partition coefficient (Wildman–Crippen LogP) is 2.41. The highest BCUT2D eigenvalue weighted by Crippen LogP contribution is 2.02. The second kappa shape index (κ2) is 6.95. The maximum atomic E-state index is 9.60. The lowest BCUT2D eigenvalue weighted by Crippen LogP contribution is -2.11. The Morgan fingerprint density at radius 1 is 1.29 bits per heavy atom. The zero-order valence-electron chi connectivity index (χ0n) is 8.91. The fourth-order valence-electron chi connectivity index (χ4n) is 0.805. The van der Waals surface area contributed by atoms with Crippen LogP contribution in [-0.4, -0.2) is 12.7 Å². The molecule has 0 unspecified atom stereocenters. The molecule has 0 radical (unpaired) electrons. The minimum absolute atomic E-state index is 0.356. The number of primary amides is 1. The van der Waals surface area contributed by atoms with Crippen molar-refractivity contribution in [2.75, 3.05) is 6.61 Å². The van der Waals surface area contributed by atoms with Crippen LogP contribution in [0.2, 0.25) is 0 Å². The van der Waals surface area contributed by atoms with Crippen molar-refractivity contribution in [1.82, 2.24) is 0 Å². The lowest BCUT2D eigenvalue weighted by Gasteiger charge is -1.93. The van der Waals surface area contributed by atoms with Crippen LogP contribution in [0.5, 0.6) is 0 Å². The third-order valence-electron chi connectivity index (χ3n) is 1.71. The van der Waals surface area contributed by atoms with Gasteiger partial charge in [-0.05, 0) is 31.9 Å². The van der Waals surface area contributed by atoms with Crippen molar-refractivity contribution >= 4 is 6.09 Å². The summed E-state index contributed by atoms with van der Waals surface area (Å²) < 4.78 is 4.18. The van der Waals surface area contributed by atoms with Crippen LogP contribution >= 0.6 is 0 Å². The molecule has 0 aliphatic heterocycles. The van der Waals surface area contributed by atoms with Crippen LogP contribution < -0.4 is 5.73 Å². The average molecular weight is 195 g/mol. The van der Waals surface area contributed by atoms with E-state index in [1.165, 1.54) is 11.1 Å². The van der Waals surface area contributed by atoms with Gasteiger partial charge in [0.1, 0.15) is 0 Å². The van der Waals surface area contributed by atoms with E-state index in [2.05, 4.69) is 48.6 Å². The molecule has 0 aliphatic carbocycles. The summed E-state index contributed by atoms with van der Waals surface area (Å²) in [6.07, 6.45) is -0.711. The summed E-state index contributed by atoms with van der Waals surface area (Å²) in [5.41, 5.74) is 7.28. The second-order valence-electron chi connectivity index (χ2n) is 2.84. The summed E-state index contributed by atoms with van der Waals surface area (Å²) in [5.74, 6) is 0. The number of carbonyl (C=O) groups excluding carboxylic acids is 1. The van der Waals surface area contributed by atoms with Gasteiger partial charge in [-0.1, -0.05) is 24.3 Å². The van der Waals surface area contributed by atoms with Crippen molar-refractivity contribution in [1.29, 1.82) is 0 Å². The number of benzene rings is 1. The summed E-state index contributed by atoms with van der Waals surface area (Å²) in [7, 11) is 0. The van der Waals surface area contributed by atoms with Crippen LogP contribution in [0.15, 0.2) is 24.3 Å². The number of carbonyl (C=O) groups is 1. The van der Waals surface area contributed by atoms with Crippen LogP contribution in [0, 0.1) is 13.8 Å². The molecule has 2 N–H and O–H groups in total. The van der Waals surface area contributed by atoms with Gasteiger partial charge < -0.3 is 10.5 Å². The van der Waals surface area contributed by atoms with Crippen LogP contribution in [-0.2, 0) is 4.74 Å². The molecular weight excluding hydrogens is 178 g/mol. The number of rotatable bonds is 1. The van der Waals surface area contributed by atoms with Crippen molar-refractivity contribution in [2.45, 2.75) is 20.8 Å². The SMILES string of the molecule is CCOC(N)=O.Cc1ccccc1C. The normalized spacial score (nSPS) is 8.50. The molecule has 1 rings (SSSR count). The summed E-state index contributed by atoms with van der Waals surface area (Å²) in [4.78, 5) is 9.60. The van der Waals surface area contributed by atoms with Crippen LogP contribution in [0.1, 0.15) is 18.1 Å². The Hall–Kier alpha value is -1.51. The third-order valence-corrected chi connectivity index (χ3v) is 1.71. The Morgan fingerprint density at radius 3 is 1.86 bits per heavy atom. The van der Waals surface area contributed by atoms with Gasteiger partial charge >= 0.3 is 6.09 Å².